The van der Waals surface area contributed by atoms with Crippen molar-refractivity contribution in [2.75, 3.05) is 4.90 Å². The number of fused-ring (bicyclic) bond motifs is 3. The fourth-order valence-corrected chi connectivity index (χ4v) is 6.35. The summed E-state index contributed by atoms with van der Waals surface area (Å²) in [5.41, 5.74) is 10.9. The van der Waals surface area contributed by atoms with Crippen molar-refractivity contribution in [3.63, 3.8) is 0 Å². The van der Waals surface area contributed by atoms with E-state index in [9.17, 15) is 2.74 Å². The summed E-state index contributed by atoms with van der Waals surface area (Å²) in [4.78, 5) is 2.39. The number of anilines is 2. The van der Waals surface area contributed by atoms with Crippen LogP contribution in [-0.4, -0.2) is 5.54 Å². The molecule has 38 heavy (non-hydrogen) atoms. The molecule has 1 aliphatic carbocycles. The van der Waals surface area contributed by atoms with E-state index in [0.717, 1.165) is 33.6 Å². The monoisotopic (exact) mass is 503 g/mol. The van der Waals surface area contributed by atoms with Gasteiger partial charge < -0.3 is 4.90 Å². The summed E-state index contributed by atoms with van der Waals surface area (Å²) < 4.78 is 18.7. The van der Waals surface area contributed by atoms with Gasteiger partial charge in [0.05, 0.1) is 0 Å². The predicted octanol–water partition coefficient (Wildman–Crippen LogP) is 10.8. The van der Waals surface area contributed by atoms with Crippen molar-refractivity contribution in [2.24, 2.45) is 0 Å². The first-order valence-electron chi connectivity index (χ1n) is 14.8. The first kappa shape index (κ1) is 23.8. The zero-order valence-corrected chi connectivity index (χ0v) is 24.5. The van der Waals surface area contributed by atoms with E-state index in [-0.39, 0.29) is 11.0 Å². The molecule has 0 bridgehead atoms. The van der Waals surface area contributed by atoms with Crippen LogP contribution in [0.1, 0.15) is 99.1 Å². The van der Waals surface area contributed by atoms with E-state index in [4.69, 9.17) is 0 Å². The van der Waals surface area contributed by atoms with Crippen molar-refractivity contribution in [3.05, 3.63) is 107 Å². The van der Waals surface area contributed by atoms with Crippen molar-refractivity contribution < 1.29 is 2.74 Å². The topological polar surface area (TPSA) is 3.24 Å². The first-order valence-corrected chi connectivity index (χ1v) is 13.8. The van der Waals surface area contributed by atoms with Gasteiger partial charge in [-0.15, -0.1) is 0 Å². The molecule has 1 nitrogen and oxygen atoms in total. The van der Waals surface area contributed by atoms with Gasteiger partial charge in [-0.05, 0) is 95.3 Å². The maximum Gasteiger partial charge on any atom is 0.0454 e. The number of hydrogen-bond donors (Lipinski definition) is 0. The second-order valence-electron chi connectivity index (χ2n) is 12.7. The number of rotatable bonds is 5. The molecule has 196 valence electrons. The summed E-state index contributed by atoms with van der Waals surface area (Å²) in [5, 5.41) is 0. The Kier molecular flexibility index (Phi) is 5.91. The van der Waals surface area contributed by atoms with Gasteiger partial charge in [0.2, 0.25) is 0 Å². The Balaban J connectivity index is 1.83. The molecule has 1 heteroatoms. The van der Waals surface area contributed by atoms with Crippen LogP contribution in [-0.2, 0) is 5.41 Å². The summed E-state index contributed by atoms with van der Waals surface area (Å²) in [6.45, 7) is 19.3. The Morgan fingerprint density at radius 3 is 1.95 bits per heavy atom. The maximum atomic E-state index is 9.49. The van der Waals surface area contributed by atoms with Crippen molar-refractivity contribution in [1.29, 1.82) is 0 Å². The quantitative estimate of drug-likeness (QED) is 0.262. The Labute approximate surface area is 233 Å². The molecule has 0 saturated carbocycles. The third-order valence-corrected chi connectivity index (χ3v) is 7.99. The van der Waals surface area contributed by atoms with Crippen LogP contribution in [0.4, 0.5) is 11.4 Å². The van der Waals surface area contributed by atoms with Crippen LogP contribution in [0.5, 0.6) is 0 Å². The summed E-state index contributed by atoms with van der Waals surface area (Å²) in [7, 11) is 0. The van der Waals surface area contributed by atoms with E-state index in [2.05, 4.69) is 118 Å². The van der Waals surface area contributed by atoms with E-state index in [1.165, 1.54) is 22.3 Å². The second-order valence-corrected chi connectivity index (χ2v) is 12.7. The zero-order valence-electron chi connectivity index (χ0n) is 26.5. The van der Waals surface area contributed by atoms with Gasteiger partial charge in [0.1, 0.15) is 0 Å². The van der Waals surface area contributed by atoms with Crippen LogP contribution in [0.2, 0.25) is 0 Å². The fourth-order valence-electron chi connectivity index (χ4n) is 6.35. The number of hydrogen-bond acceptors (Lipinski definition) is 1. The fraction of sp³-hybridized carbons (Fsp3) is 0.351. The van der Waals surface area contributed by atoms with Crippen molar-refractivity contribution >= 4 is 11.4 Å². The molecule has 0 atom stereocenters. The summed E-state index contributed by atoms with van der Waals surface area (Å²) >= 11 is 0. The molecule has 5 rings (SSSR count). The van der Waals surface area contributed by atoms with E-state index < -0.39 is 11.8 Å². The molecule has 4 aromatic carbocycles. The second kappa shape index (κ2) is 9.45. The minimum atomic E-state index is -0.843. The third kappa shape index (κ3) is 4.27. The van der Waals surface area contributed by atoms with Gasteiger partial charge in [-0.1, -0.05) is 108 Å². The van der Waals surface area contributed by atoms with Gasteiger partial charge in [-0.3, -0.25) is 0 Å². The van der Waals surface area contributed by atoms with Gasteiger partial charge >= 0.3 is 0 Å². The lowest BCUT2D eigenvalue weighted by atomic mass is 9.77. The maximum absolute atomic E-state index is 9.49. The van der Waals surface area contributed by atoms with E-state index in [0.29, 0.717) is 0 Å². The molecule has 0 fully saturated rings. The Morgan fingerprint density at radius 1 is 0.684 bits per heavy atom. The molecule has 0 spiro atoms. The summed E-state index contributed by atoms with van der Waals surface area (Å²) in [6.07, 6.45) is 0. The highest BCUT2D eigenvalue weighted by Crippen LogP contribution is 2.54. The van der Waals surface area contributed by atoms with Crippen molar-refractivity contribution in [3.8, 4) is 22.3 Å². The van der Waals surface area contributed by atoms with E-state index in [1.807, 2.05) is 33.8 Å². The highest BCUT2D eigenvalue weighted by atomic mass is 15.2. The Morgan fingerprint density at radius 2 is 1.32 bits per heavy atom. The van der Waals surface area contributed by atoms with Crippen LogP contribution in [0.15, 0.2) is 84.9 Å². The highest BCUT2D eigenvalue weighted by molar-refractivity contribution is 5.87. The lowest BCUT2D eigenvalue weighted by Crippen LogP contribution is -2.39. The van der Waals surface area contributed by atoms with Crippen LogP contribution < -0.4 is 4.90 Å². The molecular weight excluding hydrogens is 458 g/mol. The minimum Gasteiger partial charge on any atom is -0.336 e. The van der Waals surface area contributed by atoms with Gasteiger partial charge in [-0.25, -0.2) is 0 Å². The van der Waals surface area contributed by atoms with E-state index >= 15 is 0 Å². The highest BCUT2D eigenvalue weighted by Gasteiger charge is 2.40. The summed E-state index contributed by atoms with van der Waals surface area (Å²) in [6, 6.07) is 30.1. The van der Waals surface area contributed by atoms with Crippen molar-refractivity contribution in [2.45, 2.75) is 85.1 Å². The van der Waals surface area contributed by atoms with Gasteiger partial charge in [-0.2, -0.15) is 0 Å². The number of nitrogens with zero attached hydrogens (tertiary/aromatic N) is 1. The average Bonchev–Trinajstić information content (AvgIpc) is 3.09. The molecule has 4 aromatic rings. The summed E-state index contributed by atoms with van der Waals surface area (Å²) in [5.74, 6) is -1.67. The molecule has 0 heterocycles. The molecule has 0 unspecified atom stereocenters. The lowest BCUT2D eigenvalue weighted by Gasteiger charge is -2.42. The van der Waals surface area contributed by atoms with Crippen LogP contribution in [0.25, 0.3) is 22.3 Å². The normalized spacial score (nSPS) is 15.4. The Hall–Kier alpha value is -3.32. The lowest BCUT2D eigenvalue weighted by molar-refractivity contribution is 0.552. The van der Waals surface area contributed by atoms with Crippen molar-refractivity contribution in [1.82, 2.24) is 0 Å². The molecular formula is C37H43N. The van der Waals surface area contributed by atoms with Gasteiger partial charge in [0.25, 0.3) is 0 Å². The van der Waals surface area contributed by atoms with Gasteiger partial charge in [0, 0.05) is 25.1 Å². The number of benzene rings is 4. The molecule has 0 amide bonds. The molecule has 0 aliphatic heterocycles. The molecule has 0 saturated heterocycles. The van der Waals surface area contributed by atoms with Gasteiger partial charge in [0.15, 0.2) is 0 Å². The molecule has 1 aliphatic rings. The zero-order chi connectivity index (χ0) is 29.3. The smallest absolute Gasteiger partial charge is 0.0454 e. The molecule has 0 aromatic heterocycles. The standard InChI is InChI=1S/C37H43N/c1-24(2)30-23-27(26-15-11-10-12-16-26)19-21-32(30)38(36(5,6)7)33-22-20-29-28-17-13-14-18-31(28)37(8,9)35(29)34(33)25(3)4/h10-25H,1-9H3/i24D,25D. The Bertz CT molecular complexity index is 1560. The molecule has 0 N–H and O–H groups in total. The first-order chi connectivity index (χ1) is 18.5. The van der Waals surface area contributed by atoms with E-state index in [1.54, 1.807) is 0 Å². The SMILES string of the molecule is [2H]C(C)(C)c1cc(-c2ccccc2)ccc1N(c1ccc2c(c1C([2H])(C)C)C(C)(C)c1ccccc1-2)C(C)(C)C. The molecule has 0 radical (unpaired) electrons. The van der Waals surface area contributed by atoms with Crippen LogP contribution in [0.3, 0.4) is 0 Å². The average molecular weight is 504 g/mol. The van der Waals surface area contributed by atoms with Crippen LogP contribution >= 0.6 is 0 Å². The predicted molar refractivity (Wildman–Crippen MR) is 166 cm³/mol. The minimum absolute atomic E-state index is 0.228. The third-order valence-electron chi connectivity index (χ3n) is 7.99. The largest absolute Gasteiger partial charge is 0.336 e. The van der Waals surface area contributed by atoms with Crippen LogP contribution in [0, 0.1) is 0 Å².